The molecular weight excluding hydrogens is 278 g/mol. The van der Waals surface area contributed by atoms with Crippen LogP contribution in [0.1, 0.15) is 16.9 Å². The minimum atomic E-state index is -0.0566. The number of amides is 1. The van der Waals surface area contributed by atoms with Gasteiger partial charge in [0.1, 0.15) is 5.76 Å². The second kappa shape index (κ2) is 6.62. The molecule has 0 radical (unpaired) electrons. The number of benzene rings is 1. The summed E-state index contributed by atoms with van der Waals surface area (Å²) in [6.45, 7) is 1.20. The molecule has 0 fully saturated rings. The van der Waals surface area contributed by atoms with E-state index in [2.05, 4.69) is 12.1 Å². The Morgan fingerprint density at radius 2 is 2.09 bits per heavy atom. The molecular formula is C18H19NO3. The van der Waals surface area contributed by atoms with Crippen molar-refractivity contribution in [2.45, 2.75) is 19.1 Å². The molecule has 3 rings (SSSR count). The van der Waals surface area contributed by atoms with Crippen molar-refractivity contribution in [2.75, 3.05) is 13.6 Å². The quantitative estimate of drug-likeness (QED) is 0.815. The van der Waals surface area contributed by atoms with Gasteiger partial charge in [0, 0.05) is 26.1 Å². The van der Waals surface area contributed by atoms with E-state index >= 15 is 0 Å². The molecule has 1 aromatic heterocycles. The van der Waals surface area contributed by atoms with Gasteiger partial charge in [0.2, 0.25) is 5.91 Å². The van der Waals surface area contributed by atoms with Crippen molar-refractivity contribution in [3.8, 4) is 0 Å². The van der Waals surface area contributed by atoms with Gasteiger partial charge >= 0.3 is 0 Å². The van der Waals surface area contributed by atoms with Crippen LogP contribution in [-0.4, -0.2) is 30.5 Å². The normalized spacial score (nSPS) is 17.4. The molecule has 2 aromatic rings. The van der Waals surface area contributed by atoms with Gasteiger partial charge in [-0.1, -0.05) is 24.3 Å². The summed E-state index contributed by atoms with van der Waals surface area (Å²) in [5, 5.41) is 0. The Bertz CT molecular complexity index is 661. The smallest absolute Gasteiger partial charge is 0.246 e. The van der Waals surface area contributed by atoms with E-state index in [1.807, 2.05) is 18.2 Å². The minimum absolute atomic E-state index is 0.0425. The molecule has 1 atom stereocenters. The number of nitrogens with zero attached hydrogens (tertiary/aromatic N) is 1. The van der Waals surface area contributed by atoms with E-state index in [0.717, 1.165) is 6.42 Å². The molecule has 0 saturated heterocycles. The van der Waals surface area contributed by atoms with Crippen molar-refractivity contribution in [1.82, 2.24) is 4.90 Å². The van der Waals surface area contributed by atoms with Crippen LogP contribution >= 0.6 is 0 Å². The lowest BCUT2D eigenvalue weighted by atomic mass is 9.99. The lowest BCUT2D eigenvalue weighted by molar-refractivity contribution is -0.126. The van der Waals surface area contributed by atoms with Gasteiger partial charge in [-0.3, -0.25) is 4.79 Å². The molecule has 22 heavy (non-hydrogen) atoms. The number of hydrogen-bond acceptors (Lipinski definition) is 3. The van der Waals surface area contributed by atoms with Crippen LogP contribution in [0.2, 0.25) is 0 Å². The first kappa shape index (κ1) is 14.6. The van der Waals surface area contributed by atoms with Gasteiger partial charge in [-0.05, 0) is 29.3 Å². The van der Waals surface area contributed by atoms with Crippen molar-refractivity contribution in [3.63, 3.8) is 0 Å². The van der Waals surface area contributed by atoms with Gasteiger partial charge in [-0.25, -0.2) is 0 Å². The minimum Gasteiger partial charge on any atom is -0.465 e. The van der Waals surface area contributed by atoms with Crippen molar-refractivity contribution >= 4 is 12.0 Å². The Morgan fingerprint density at radius 1 is 1.27 bits per heavy atom. The highest BCUT2D eigenvalue weighted by Gasteiger charge is 2.21. The predicted octanol–water partition coefficient (Wildman–Crippen LogP) is 2.89. The summed E-state index contributed by atoms with van der Waals surface area (Å²) in [4.78, 5) is 13.8. The van der Waals surface area contributed by atoms with Crippen molar-refractivity contribution in [1.29, 1.82) is 0 Å². The number of rotatable bonds is 4. The number of hydrogen-bond donors (Lipinski definition) is 0. The lowest BCUT2D eigenvalue weighted by Crippen LogP contribution is -2.37. The maximum Gasteiger partial charge on any atom is 0.246 e. The fraction of sp³-hybridized carbons (Fsp3) is 0.278. The largest absolute Gasteiger partial charge is 0.465 e. The Labute approximate surface area is 130 Å². The summed E-state index contributed by atoms with van der Waals surface area (Å²) in [5.41, 5.74) is 2.55. The molecule has 1 aromatic carbocycles. The molecule has 1 aliphatic rings. The Morgan fingerprint density at radius 3 is 2.86 bits per heavy atom. The van der Waals surface area contributed by atoms with E-state index in [1.54, 1.807) is 30.4 Å². The van der Waals surface area contributed by atoms with E-state index in [1.165, 1.54) is 17.2 Å². The zero-order valence-corrected chi connectivity index (χ0v) is 12.6. The Balaban J connectivity index is 1.56. The van der Waals surface area contributed by atoms with E-state index in [0.29, 0.717) is 18.9 Å². The molecule has 0 bridgehead atoms. The monoisotopic (exact) mass is 297 g/mol. The van der Waals surface area contributed by atoms with Crippen molar-refractivity contribution in [3.05, 3.63) is 65.6 Å². The van der Waals surface area contributed by atoms with E-state index in [4.69, 9.17) is 9.15 Å². The molecule has 4 nitrogen and oxygen atoms in total. The van der Waals surface area contributed by atoms with Gasteiger partial charge in [0.15, 0.2) is 0 Å². The van der Waals surface area contributed by atoms with E-state index < -0.39 is 0 Å². The predicted molar refractivity (Wildman–Crippen MR) is 84.1 cm³/mol. The summed E-state index contributed by atoms with van der Waals surface area (Å²) in [5.74, 6) is 0.614. The highest BCUT2D eigenvalue weighted by Crippen LogP contribution is 2.20. The van der Waals surface area contributed by atoms with Crippen LogP contribution in [0, 0.1) is 0 Å². The average molecular weight is 297 g/mol. The van der Waals surface area contributed by atoms with Crippen molar-refractivity contribution < 1.29 is 13.9 Å². The molecule has 0 spiro atoms. The maximum atomic E-state index is 12.1. The van der Waals surface area contributed by atoms with Gasteiger partial charge in [-0.15, -0.1) is 0 Å². The van der Waals surface area contributed by atoms with Crippen LogP contribution in [0.25, 0.3) is 6.08 Å². The molecule has 4 heteroatoms. The number of carbonyl (C=O) groups is 1. The highest BCUT2D eigenvalue weighted by atomic mass is 16.5. The summed E-state index contributed by atoms with van der Waals surface area (Å²) in [6.07, 6.45) is 5.67. The third kappa shape index (κ3) is 3.46. The molecule has 0 aliphatic carbocycles. The van der Waals surface area contributed by atoms with E-state index in [9.17, 15) is 4.79 Å². The van der Waals surface area contributed by atoms with Gasteiger partial charge in [0.25, 0.3) is 0 Å². The number of fused-ring (bicyclic) bond motifs is 1. The van der Waals surface area contributed by atoms with Gasteiger partial charge in [0.05, 0.1) is 19.0 Å². The van der Waals surface area contributed by atoms with Gasteiger partial charge in [-0.2, -0.15) is 0 Å². The molecule has 0 unspecified atom stereocenters. The maximum absolute atomic E-state index is 12.1. The summed E-state index contributed by atoms with van der Waals surface area (Å²) >= 11 is 0. The number of furan rings is 1. The zero-order valence-electron chi connectivity index (χ0n) is 12.6. The SMILES string of the molecule is CN(C[C@@H]1Cc2ccccc2CO1)C(=O)/C=C/c1ccco1. The van der Waals surface area contributed by atoms with Crippen LogP contribution in [0.4, 0.5) is 0 Å². The third-order valence-electron chi connectivity index (χ3n) is 3.83. The second-order valence-electron chi connectivity index (χ2n) is 5.47. The lowest BCUT2D eigenvalue weighted by Gasteiger charge is -2.28. The van der Waals surface area contributed by atoms with Crippen molar-refractivity contribution in [2.24, 2.45) is 0 Å². The van der Waals surface area contributed by atoms with Crippen LogP contribution in [0.5, 0.6) is 0 Å². The van der Waals surface area contributed by atoms with Crippen LogP contribution < -0.4 is 0 Å². The zero-order chi connectivity index (χ0) is 15.4. The molecule has 2 heterocycles. The second-order valence-corrected chi connectivity index (χ2v) is 5.47. The van der Waals surface area contributed by atoms with E-state index in [-0.39, 0.29) is 12.0 Å². The highest BCUT2D eigenvalue weighted by molar-refractivity contribution is 5.91. The first-order valence-electron chi connectivity index (χ1n) is 7.37. The average Bonchev–Trinajstić information content (AvgIpc) is 3.06. The molecule has 1 amide bonds. The molecule has 114 valence electrons. The molecule has 0 N–H and O–H groups in total. The number of likely N-dealkylation sites (N-methyl/N-ethyl adjacent to an activating group) is 1. The first-order valence-corrected chi connectivity index (χ1v) is 7.37. The number of ether oxygens (including phenoxy) is 1. The fourth-order valence-corrected chi connectivity index (χ4v) is 2.59. The number of carbonyl (C=O) groups excluding carboxylic acids is 1. The Kier molecular flexibility index (Phi) is 4.39. The van der Waals surface area contributed by atoms with Crippen LogP contribution in [-0.2, 0) is 22.6 Å². The molecule has 0 saturated carbocycles. The van der Waals surface area contributed by atoms with Crippen LogP contribution in [0.3, 0.4) is 0 Å². The molecule has 1 aliphatic heterocycles. The fourth-order valence-electron chi connectivity index (χ4n) is 2.59. The van der Waals surface area contributed by atoms with Crippen LogP contribution in [0.15, 0.2) is 53.2 Å². The summed E-state index contributed by atoms with van der Waals surface area (Å²) in [6, 6.07) is 11.9. The summed E-state index contributed by atoms with van der Waals surface area (Å²) < 4.78 is 11.0. The third-order valence-corrected chi connectivity index (χ3v) is 3.83. The standard InChI is InChI=1S/C18H19NO3/c1-19(18(20)9-8-16-7-4-10-21-16)12-17-11-14-5-2-3-6-15(14)13-22-17/h2-10,17H,11-13H2,1H3/b9-8+/t17-/m0/s1. The first-order chi connectivity index (χ1) is 10.7. The Hall–Kier alpha value is -2.33. The topological polar surface area (TPSA) is 42.7 Å². The van der Waals surface area contributed by atoms with Gasteiger partial charge < -0.3 is 14.1 Å². The summed E-state index contributed by atoms with van der Waals surface area (Å²) in [7, 11) is 1.79.